The minimum absolute atomic E-state index is 0. The van der Waals surface area contributed by atoms with E-state index in [-0.39, 0.29) is 14.9 Å². The summed E-state index contributed by atoms with van der Waals surface area (Å²) >= 11 is 1.76. The molecule has 1 unspecified atom stereocenters. The summed E-state index contributed by atoms with van der Waals surface area (Å²) in [4.78, 5) is 23.2. The minimum atomic E-state index is -0.153. The lowest BCUT2D eigenvalue weighted by Gasteiger charge is -2.32. The van der Waals surface area contributed by atoms with Gasteiger partial charge in [-0.15, -0.1) is 11.3 Å². The minimum Gasteiger partial charge on any atom is -0.364 e. The normalized spacial score (nSPS) is 19.4. The second-order valence-corrected chi connectivity index (χ2v) is 9.39. The van der Waals surface area contributed by atoms with Crippen LogP contribution in [0, 0.1) is 6.92 Å². The molecule has 2 aliphatic heterocycles. The van der Waals surface area contributed by atoms with Gasteiger partial charge in [-0.1, -0.05) is 19.9 Å². The highest BCUT2D eigenvalue weighted by Crippen LogP contribution is 2.27. The van der Waals surface area contributed by atoms with Crippen molar-refractivity contribution in [2.24, 2.45) is 4.99 Å². The molecule has 0 aliphatic carbocycles. The van der Waals surface area contributed by atoms with Gasteiger partial charge in [0.25, 0.3) is 5.91 Å². The quantitative estimate of drug-likeness (QED) is 0.572. The van der Waals surface area contributed by atoms with Gasteiger partial charge < -0.3 is 20.4 Å². The van der Waals surface area contributed by atoms with Crippen molar-refractivity contribution in [2.45, 2.75) is 40.8 Å². The Kier molecular flexibility index (Phi) is 9.07. The van der Waals surface area contributed by atoms with Crippen molar-refractivity contribution >= 4 is 34.3 Å². The molecule has 0 bridgehead atoms. The van der Waals surface area contributed by atoms with Crippen LogP contribution in [0.1, 0.15) is 51.3 Å². The maximum absolute atomic E-state index is 12.9. The van der Waals surface area contributed by atoms with Gasteiger partial charge in [-0.25, -0.2) is 4.99 Å². The molecule has 1 aromatic carbocycles. The Bertz CT molecular complexity index is 1090. The molecule has 0 radical (unpaired) electrons. The summed E-state index contributed by atoms with van der Waals surface area (Å²) in [5.74, 6) is 0.952. The fraction of sp³-hybridized carbons (Fsp3) is 0.407. The number of carbonyl (C=O) groups is 1. The van der Waals surface area contributed by atoms with Crippen LogP contribution >= 0.6 is 11.3 Å². The number of aryl methyl sites for hydroxylation is 1. The molecule has 1 aromatic heterocycles. The molecule has 3 heterocycles. The average molecular weight is 484 g/mol. The first-order chi connectivity index (χ1) is 16.4. The number of hydrogen-bond acceptors (Lipinski definition) is 5. The lowest BCUT2D eigenvalue weighted by Crippen LogP contribution is -2.47. The SMILES string of the molecule is C/C(=C1/C=CN/C1=N/C(C)Nc1cccc(C(=O)N2CCN(C)CC2)c1)c1cc(C)cs1.CC.[HH].[HH]. The lowest BCUT2D eigenvalue weighted by molar-refractivity contribution is 0.0664. The van der Waals surface area contributed by atoms with Crippen molar-refractivity contribution in [1.29, 1.82) is 0 Å². The lowest BCUT2D eigenvalue weighted by atomic mass is 10.1. The third kappa shape index (κ3) is 6.36. The van der Waals surface area contributed by atoms with Gasteiger partial charge in [-0.3, -0.25) is 4.79 Å². The number of aliphatic imine (C=N–C) groups is 1. The average Bonchev–Trinajstić information content (AvgIpc) is 3.49. The number of benzene rings is 1. The molecular formula is C27H41N5OS. The molecule has 34 heavy (non-hydrogen) atoms. The number of thiophene rings is 1. The molecule has 186 valence electrons. The highest BCUT2D eigenvalue weighted by atomic mass is 32.1. The maximum atomic E-state index is 12.9. The predicted octanol–water partition coefficient (Wildman–Crippen LogP) is 5.71. The van der Waals surface area contributed by atoms with Crippen LogP contribution in [0.25, 0.3) is 5.57 Å². The molecule has 2 N–H and O–H groups in total. The molecule has 2 aromatic rings. The van der Waals surface area contributed by atoms with E-state index in [4.69, 9.17) is 4.99 Å². The number of amides is 1. The van der Waals surface area contributed by atoms with Crippen molar-refractivity contribution in [3.63, 3.8) is 0 Å². The summed E-state index contributed by atoms with van der Waals surface area (Å²) in [7, 11) is 2.09. The summed E-state index contributed by atoms with van der Waals surface area (Å²) in [5.41, 5.74) is 5.21. The van der Waals surface area contributed by atoms with Crippen molar-refractivity contribution in [3.05, 3.63) is 69.6 Å². The molecule has 6 nitrogen and oxygen atoms in total. The van der Waals surface area contributed by atoms with E-state index in [9.17, 15) is 4.79 Å². The van der Waals surface area contributed by atoms with Gasteiger partial charge in [0.2, 0.25) is 0 Å². The smallest absolute Gasteiger partial charge is 0.254 e. The van der Waals surface area contributed by atoms with Gasteiger partial charge in [0.1, 0.15) is 12.0 Å². The molecule has 1 fully saturated rings. The number of hydrogen-bond donors (Lipinski definition) is 2. The van der Waals surface area contributed by atoms with Crippen LogP contribution < -0.4 is 10.6 Å². The molecule has 2 aliphatic rings. The number of likely N-dealkylation sites (N-methyl/N-ethyl adjacent to an activating group) is 1. The topological polar surface area (TPSA) is 60.0 Å². The number of nitrogens with zero attached hydrogens (tertiary/aromatic N) is 3. The van der Waals surface area contributed by atoms with E-state index in [1.54, 1.807) is 11.3 Å². The van der Waals surface area contributed by atoms with Crippen LogP contribution in [-0.2, 0) is 0 Å². The second-order valence-electron chi connectivity index (χ2n) is 8.48. The van der Waals surface area contributed by atoms with Crippen LogP contribution in [0.4, 0.5) is 5.69 Å². The van der Waals surface area contributed by atoms with Gasteiger partial charge in [0.05, 0.1) is 0 Å². The number of carbonyl (C=O) groups excluding carboxylic acids is 1. The van der Waals surface area contributed by atoms with Crippen molar-refractivity contribution in [1.82, 2.24) is 15.1 Å². The van der Waals surface area contributed by atoms with E-state index in [0.717, 1.165) is 43.3 Å². The number of anilines is 1. The van der Waals surface area contributed by atoms with Crippen LogP contribution in [0.3, 0.4) is 0 Å². The second kappa shape index (κ2) is 12.0. The zero-order valence-electron chi connectivity index (χ0n) is 21.2. The van der Waals surface area contributed by atoms with Gasteiger partial charge in [0.15, 0.2) is 0 Å². The first-order valence-corrected chi connectivity index (χ1v) is 12.9. The van der Waals surface area contributed by atoms with Crippen molar-refractivity contribution in [3.8, 4) is 0 Å². The fourth-order valence-corrected chi connectivity index (χ4v) is 4.85. The zero-order chi connectivity index (χ0) is 24.7. The number of nitrogens with one attached hydrogen (secondary N) is 2. The van der Waals surface area contributed by atoms with Crippen LogP contribution in [0.15, 0.2) is 58.6 Å². The van der Waals surface area contributed by atoms with E-state index < -0.39 is 0 Å². The Labute approximate surface area is 211 Å². The van der Waals surface area contributed by atoms with Crippen molar-refractivity contribution in [2.75, 3.05) is 38.5 Å². The monoisotopic (exact) mass is 483 g/mol. The summed E-state index contributed by atoms with van der Waals surface area (Å²) < 4.78 is 0. The summed E-state index contributed by atoms with van der Waals surface area (Å²) in [6.45, 7) is 13.6. The maximum Gasteiger partial charge on any atom is 0.254 e. The molecule has 1 saturated heterocycles. The standard InChI is InChI=1S/C25H31N5OS.C2H6.2H2/c1-17-14-23(32-16-17)18(2)22-8-9-26-24(22)28-19(3)27-21-7-5-6-20(15-21)25(31)30-12-10-29(4)11-13-30;1-2;;/h5-9,14-16,19,27H,10-13H2,1-4H3,(H,26,28);1-2H3;2*1H/b22-18+;;;. The predicted molar refractivity (Wildman–Crippen MR) is 150 cm³/mol. The third-order valence-corrected chi connectivity index (χ3v) is 7.00. The molecule has 7 heteroatoms. The van der Waals surface area contributed by atoms with E-state index >= 15 is 0 Å². The molecule has 0 saturated carbocycles. The highest BCUT2D eigenvalue weighted by molar-refractivity contribution is 7.11. The van der Waals surface area contributed by atoms with Crippen LogP contribution in [0.5, 0.6) is 0 Å². The van der Waals surface area contributed by atoms with Gasteiger partial charge in [-0.2, -0.15) is 0 Å². The number of allylic oxidation sites excluding steroid dienone is 1. The Morgan fingerprint density at radius 2 is 1.94 bits per heavy atom. The highest BCUT2D eigenvalue weighted by Gasteiger charge is 2.21. The van der Waals surface area contributed by atoms with Crippen LogP contribution in [-0.4, -0.2) is 60.9 Å². The summed E-state index contributed by atoms with van der Waals surface area (Å²) in [6.07, 6.45) is 3.85. The van der Waals surface area contributed by atoms with Gasteiger partial charge in [0, 0.05) is 56.9 Å². The van der Waals surface area contributed by atoms with E-state index in [1.165, 1.54) is 16.0 Å². The first kappa shape index (κ1) is 25.7. The zero-order valence-corrected chi connectivity index (χ0v) is 22.0. The summed E-state index contributed by atoms with van der Waals surface area (Å²) in [5, 5.41) is 8.86. The van der Waals surface area contributed by atoms with Crippen LogP contribution in [0.2, 0.25) is 0 Å². The van der Waals surface area contributed by atoms with Crippen molar-refractivity contribution < 1.29 is 7.65 Å². The largest absolute Gasteiger partial charge is 0.364 e. The first-order valence-electron chi connectivity index (χ1n) is 12.0. The molecule has 1 atom stereocenters. The number of amidine groups is 1. The summed E-state index contributed by atoms with van der Waals surface area (Å²) in [6, 6.07) is 9.93. The molecule has 4 rings (SSSR count). The molecular weight excluding hydrogens is 442 g/mol. The molecule has 0 spiro atoms. The van der Waals surface area contributed by atoms with E-state index in [2.05, 4.69) is 54.0 Å². The Hall–Kier alpha value is -2.90. The van der Waals surface area contributed by atoms with E-state index in [0.29, 0.717) is 5.56 Å². The Balaban J connectivity index is 0.00000158. The van der Waals surface area contributed by atoms with Gasteiger partial charge >= 0.3 is 0 Å². The molecule has 1 amide bonds. The van der Waals surface area contributed by atoms with E-state index in [1.807, 2.05) is 56.1 Å². The number of rotatable bonds is 5. The fourth-order valence-electron chi connectivity index (χ4n) is 3.93. The Morgan fingerprint density at radius 1 is 1.21 bits per heavy atom. The third-order valence-electron chi connectivity index (χ3n) is 5.83. The Morgan fingerprint density at radius 3 is 2.62 bits per heavy atom. The number of piperazine rings is 1. The van der Waals surface area contributed by atoms with Gasteiger partial charge in [-0.05, 0) is 74.7 Å².